The van der Waals surface area contributed by atoms with Gasteiger partial charge in [0.25, 0.3) is 0 Å². The minimum atomic E-state index is -0.292. The zero-order valence-corrected chi connectivity index (χ0v) is 11.5. The fourth-order valence-corrected chi connectivity index (χ4v) is 2.59. The van der Waals surface area contributed by atoms with Gasteiger partial charge in [-0.05, 0) is 25.8 Å². The Morgan fingerprint density at radius 3 is 2.83 bits per heavy atom. The van der Waals surface area contributed by atoms with Gasteiger partial charge in [0.1, 0.15) is 5.69 Å². The second-order valence-corrected chi connectivity index (χ2v) is 5.18. The topological polar surface area (TPSA) is 26.3 Å². The fraction of sp³-hybridized carbons (Fsp3) is 0.429. The van der Waals surface area contributed by atoms with Gasteiger partial charge < -0.3 is 9.85 Å². The Morgan fingerprint density at radius 1 is 1.44 bits per heavy atom. The highest BCUT2D eigenvalue weighted by Crippen LogP contribution is 2.42. The summed E-state index contributed by atoms with van der Waals surface area (Å²) >= 11 is 5.68. The number of para-hydroxylation sites is 2. The van der Waals surface area contributed by atoms with Gasteiger partial charge in [0.2, 0.25) is 0 Å². The molecule has 0 fully saturated rings. The molecule has 1 heterocycles. The van der Waals surface area contributed by atoms with E-state index in [-0.39, 0.29) is 4.65 Å². The Morgan fingerprint density at radius 2 is 2.17 bits per heavy atom. The summed E-state index contributed by atoms with van der Waals surface area (Å²) in [6, 6.07) is 7.80. The minimum absolute atomic E-state index is 0.292. The zero-order chi connectivity index (χ0) is 13.2. The van der Waals surface area contributed by atoms with Gasteiger partial charge in [-0.1, -0.05) is 18.7 Å². The van der Waals surface area contributed by atoms with E-state index < -0.39 is 0 Å². The molecule has 2 rings (SSSR count). The number of hydrogen-bond donors (Lipinski definition) is 0. The number of rotatable bonds is 5. The van der Waals surface area contributed by atoms with Gasteiger partial charge in [0.15, 0.2) is 12.4 Å². The predicted octanol–water partition coefficient (Wildman–Crippen LogP) is 3.82. The minimum Gasteiger partial charge on any atom is -0.626 e. The van der Waals surface area contributed by atoms with Crippen molar-refractivity contribution in [3.05, 3.63) is 41.7 Å². The molecule has 1 aromatic carbocycles. The monoisotopic (exact) mass is 266 g/mol. The number of allylic oxidation sites excluding steroid dienone is 1. The van der Waals surface area contributed by atoms with Crippen LogP contribution in [-0.2, 0) is 0 Å². The number of anilines is 1. The Kier molecular flexibility index (Phi) is 3.95. The second kappa shape index (κ2) is 5.31. The molecule has 0 bridgehead atoms. The van der Waals surface area contributed by atoms with E-state index in [1.54, 1.807) is 0 Å². The Balaban J connectivity index is 2.27. The highest BCUT2D eigenvalue weighted by atomic mass is 35.5. The van der Waals surface area contributed by atoms with E-state index >= 15 is 0 Å². The highest BCUT2D eigenvalue weighted by molar-refractivity contribution is 6.17. The SMILES string of the molecule is C=C(C)N1C[N+]([O-])(CCCCCl)c2ccccc21. The first-order valence-corrected chi connectivity index (χ1v) is 6.78. The van der Waals surface area contributed by atoms with Crippen LogP contribution in [0.2, 0.25) is 0 Å². The Bertz CT molecular complexity index is 449. The first kappa shape index (κ1) is 13.4. The van der Waals surface area contributed by atoms with Crippen molar-refractivity contribution in [1.82, 2.24) is 4.65 Å². The molecule has 1 unspecified atom stereocenters. The van der Waals surface area contributed by atoms with Crippen LogP contribution in [0.4, 0.5) is 11.4 Å². The van der Waals surface area contributed by atoms with Gasteiger partial charge in [-0.15, -0.1) is 11.6 Å². The van der Waals surface area contributed by atoms with E-state index in [1.807, 2.05) is 36.1 Å². The van der Waals surface area contributed by atoms with Crippen LogP contribution in [0.15, 0.2) is 36.5 Å². The van der Waals surface area contributed by atoms with Crippen LogP contribution in [0.25, 0.3) is 0 Å². The summed E-state index contributed by atoms with van der Waals surface area (Å²) < 4.78 is -0.292. The Hall–Kier alpha value is -1.03. The molecule has 4 heteroatoms. The molecule has 1 atom stereocenters. The van der Waals surface area contributed by atoms with Gasteiger partial charge in [0.05, 0.1) is 6.54 Å². The molecule has 18 heavy (non-hydrogen) atoms. The third-order valence-corrected chi connectivity index (χ3v) is 3.61. The van der Waals surface area contributed by atoms with Crippen molar-refractivity contribution < 1.29 is 0 Å². The summed E-state index contributed by atoms with van der Waals surface area (Å²) in [5, 5.41) is 12.9. The summed E-state index contributed by atoms with van der Waals surface area (Å²) in [7, 11) is 0. The highest BCUT2D eigenvalue weighted by Gasteiger charge is 2.35. The van der Waals surface area contributed by atoms with E-state index in [9.17, 15) is 5.21 Å². The van der Waals surface area contributed by atoms with E-state index in [4.69, 9.17) is 11.6 Å². The van der Waals surface area contributed by atoms with Gasteiger partial charge >= 0.3 is 0 Å². The number of unbranched alkanes of at least 4 members (excludes halogenated alkanes) is 1. The molecule has 0 saturated carbocycles. The molecule has 1 aliphatic rings. The number of hydroxylamine groups is 2. The number of benzene rings is 1. The number of alkyl halides is 1. The normalized spacial score (nSPS) is 22.1. The molecule has 1 aromatic rings. The average molecular weight is 267 g/mol. The van der Waals surface area contributed by atoms with Crippen LogP contribution in [0.5, 0.6) is 0 Å². The lowest BCUT2D eigenvalue weighted by Crippen LogP contribution is -2.46. The first-order valence-electron chi connectivity index (χ1n) is 6.25. The molecule has 3 nitrogen and oxygen atoms in total. The van der Waals surface area contributed by atoms with Gasteiger partial charge in [0, 0.05) is 17.6 Å². The standard InChI is InChI=1S/C14H19ClN2O/c1-12(2)16-11-17(18,10-6-5-9-15)14-8-4-3-7-13(14)16/h3-4,7-8H,1,5-6,9-11H2,2H3. The molecular formula is C14H19ClN2O. The van der Waals surface area contributed by atoms with Crippen molar-refractivity contribution in [2.75, 3.05) is 24.0 Å². The number of halogens is 1. The van der Waals surface area contributed by atoms with Crippen LogP contribution in [0.1, 0.15) is 19.8 Å². The van der Waals surface area contributed by atoms with E-state index in [2.05, 4.69) is 6.58 Å². The van der Waals surface area contributed by atoms with Crippen LogP contribution < -0.4 is 9.55 Å². The number of hydrogen-bond acceptors (Lipinski definition) is 2. The van der Waals surface area contributed by atoms with E-state index in [1.165, 1.54) is 0 Å². The lowest BCUT2D eigenvalue weighted by Gasteiger charge is -2.38. The van der Waals surface area contributed by atoms with Gasteiger partial charge in [-0.3, -0.25) is 4.90 Å². The van der Waals surface area contributed by atoms with Crippen LogP contribution >= 0.6 is 11.6 Å². The van der Waals surface area contributed by atoms with Crippen molar-refractivity contribution in [2.45, 2.75) is 19.8 Å². The molecule has 0 aromatic heterocycles. The lowest BCUT2D eigenvalue weighted by atomic mass is 10.2. The smallest absolute Gasteiger partial charge is 0.163 e. The number of fused-ring (bicyclic) bond motifs is 1. The molecule has 98 valence electrons. The van der Waals surface area contributed by atoms with Crippen molar-refractivity contribution >= 4 is 23.0 Å². The number of quaternary nitrogens is 1. The van der Waals surface area contributed by atoms with E-state index in [0.29, 0.717) is 19.1 Å². The summed E-state index contributed by atoms with van der Waals surface area (Å²) in [6.45, 7) is 6.89. The van der Waals surface area contributed by atoms with Gasteiger partial charge in [-0.2, -0.15) is 0 Å². The summed E-state index contributed by atoms with van der Waals surface area (Å²) in [4.78, 5) is 2.00. The van der Waals surface area contributed by atoms with Crippen LogP contribution in [0, 0.1) is 5.21 Å². The predicted molar refractivity (Wildman–Crippen MR) is 78.6 cm³/mol. The number of nitrogens with zero attached hydrogens (tertiary/aromatic N) is 2. The summed E-state index contributed by atoms with van der Waals surface area (Å²) in [5.74, 6) is 0.617. The van der Waals surface area contributed by atoms with Crippen LogP contribution in [0.3, 0.4) is 0 Å². The van der Waals surface area contributed by atoms with Crippen molar-refractivity contribution in [3.63, 3.8) is 0 Å². The van der Waals surface area contributed by atoms with Crippen molar-refractivity contribution in [2.24, 2.45) is 0 Å². The van der Waals surface area contributed by atoms with Crippen molar-refractivity contribution in [3.8, 4) is 0 Å². The Labute approximate surface area is 113 Å². The fourth-order valence-electron chi connectivity index (χ4n) is 2.40. The third-order valence-electron chi connectivity index (χ3n) is 3.35. The summed E-state index contributed by atoms with van der Waals surface area (Å²) in [5.41, 5.74) is 2.75. The first-order chi connectivity index (χ1) is 8.58. The molecular weight excluding hydrogens is 248 g/mol. The summed E-state index contributed by atoms with van der Waals surface area (Å²) in [6.07, 6.45) is 1.74. The van der Waals surface area contributed by atoms with Gasteiger partial charge in [-0.25, -0.2) is 0 Å². The maximum atomic E-state index is 12.9. The molecule has 1 aliphatic heterocycles. The van der Waals surface area contributed by atoms with E-state index in [0.717, 1.165) is 29.9 Å². The molecule has 0 spiro atoms. The molecule has 0 saturated heterocycles. The maximum absolute atomic E-state index is 12.9. The molecule has 0 N–H and O–H groups in total. The quantitative estimate of drug-likeness (QED) is 0.350. The zero-order valence-electron chi connectivity index (χ0n) is 10.7. The molecule has 0 aliphatic carbocycles. The molecule has 0 radical (unpaired) electrons. The maximum Gasteiger partial charge on any atom is 0.163 e. The lowest BCUT2D eigenvalue weighted by molar-refractivity contribution is 0.388. The van der Waals surface area contributed by atoms with Crippen molar-refractivity contribution in [1.29, 1.82) is 0 Å². The van der Waals surface area contributed by atoms with Crippen LogP contribution in [-0.4, -0.2) is 19.1 Å². The molecule has 0 amide bonds. The largest absolute Gasteiger partial charge is 0.626 e. The average Bonchev–Trinajstić information content (AvgIpc) is 2.65. The second-order valence-electron chi connectivity index (χ2n) is 4.80. The third kappa shape index (κ3) is 2.39.